The standard InChI is InChI=1S/C12H15NO5/c1-16-9-6-8(12(15)13-4-5-14)7-10(17-2)11(9)18-3/h5-7H,4H2,1-3H3,(H,13,15). The van der Waals surface area contributed by atoms with E-state index in [0.29, 0.717) is 29.1 Å². The quantitative estimate of drug-likeness (QED) is 0.753. The van der Waals surface area contributed by atoms with Crippen molar-refractivity contribution in [2.45, 2.75) is 0 Å². The van der Waals surface area contributed by atoms with Crippen LogP contribution in [-0.4, -0.2) is 40.1 Å². The minimum atomic E-state index is -0.388. The van der Waals surface area contributed by atoms with Gasteiger partial charge >= 0.3 is 0 Å². The van der Waals surface area contributed by atoms with Gasteiger partial charge in [0.2, 0.25) is 5.75 Å². The molecule has 0 fully saturated rings. The van der Waals surface area contributed by atoms with Gasteiger partial charge in [0, 0.05) is 5.56 Å². The third-order valence-electron chi connectivity index (χ3n) is 2.27. The number of amides is 1. The lowest BCUT2D eigenvalue weighted by Crippen LogP contribution is -2.25. The molecule has 0 saturated heterocycles. The summed E-state index contributed by atoms with van der Waals surface area (Å²) in [6.45, 7) is -0.0461. The van der Waals surface area contributed by atoms with Crippen LogP contribution in [0.5, 0.6) is 17.2 Å². The molecule has 98 valence electrons. The molecule has 0 aliphatic heterocycles. The molecule has 0 unspecified atom stereocenters. The van der Waals surface area contributed by atoms with Gasteiger partial charge in [-0.3, -0.25) is 4.79 Å². The fourth-order valence-corrected chi connectivity index (χ4v) is 1.45. The van der Waals surface area contributed by atoms with E-state index in [2.05, 4.69) is 5.32 Å². The Labute approximate surface area is 105 Å². The average molecular weight is 253 g/mol. The second kappa shape index (κ2) is 6.48. The predicted octanol–water partition coefficient (Wildman–Crippen LogP) is 0.641. The topological polar surface area (TPSA) is 73.9 Å². The Kier molecular flexibility index (Phi) is 4.98. The molecule has 1 rings (SSSR count). The van der Waals surface area contributed by atoms with Gasteiger partial charge in [-0.1, -0.05) is 0 Å². The summed E-state index contributed by atoms with van der Waals surface area (Å²) in [6.07, 6.45) is 0.607. The monoisotopic (exact) mass is 253 g/mol. The molecule has 0 aliphatic rings. The molecule has 1 amide bonds. The Bertz CT molecular complexity index is 419. The second-order valence-electron chi connectivity index (χ2n) is 3.29. The van der Waals surface area contributed by atoms with Gasteiger partial charge in [-0.2, -0.15) is 0 Å². The van der Waals surface area contributed by atoms with Crippen molar-refractivity contribution in [2.75, 3.05) is 27.9 Å². The Morgan fingerprint density at radius 1 is 1.17 bits per heavy atom. The fraction of sp³-hybridized carbons (Fsp3) is 0.333. The summed E-state index contributed by atoms with van der Waals surface area (Å²) in [5.74, 6) is 0.787. The van der Waals surface area contributed by atoms with E-state index >= 15 is 0 Å². The van der Waals surface area contributed by atoms with Crippen molar-refractivity contribution in [1.82, 2.24) is 5.32 Å². The van der Waals surface area contributed by atoms with Crippen LogP contribution in [0, 0.1) is 0 Å². The zero-order chi connectivity index (χ0) is 13.5. The van der Waals surface area contributed by atoms with Crippen LogP contribution in [0.3, 0.4) is 0 Å². The van der Waals surface area contributed by atoms with E-state index in [1.54, 1.807) is 0 Å². The van der Waals surface area contributed by atoms with Crippen molar-refractivity contribution in [3.8, 4) is 17.2 Å². The highest BCUT2D eigenvalue weighted by Crippen LogP contribution is 2.38. The van der Waals surface area contributed by atoms with Crippen LogP contribution < -0.4 is 19.5 Å². The van der Waals surface area contributed by atoms with E-state index in [1.807, 2.05) is 0 Å². The number of methoxy groups -OCH3 is 3. The van der Waals surface area contributed by atoms with E-state index in [4.69, 9.17) is 14.2 Å². The lowest BCUT2D eigenvalue weighted by atomic mass is 10.1. The first kappa shape index (κ1) is 13.8. The Morgan fingerprint density at radius 2 is 1.72 bits per heavy atom. The number of hydrogen-bond acceptors (Lipinski definition) is 5. The largest absolute Gasteiger partial charge is 0.493 e. The highest BCUT2D eigenvalue weighted by molar-refractivity contribution is 5.96. The molecule has 6 heteroatoms. The number of carbonyl (C=O) groups excluding carboxylic acids is 2. The van der Waals surface area contributed by atoms with Crippen molar-refractivity contribution >= 4 is 12.2 Å². The Morgan fingerprint density at radius 3 is 2.11 bits per heavy atom. The summed E-state index contributed by atoms with van der Waals surface area (Å²) in [4.78, 5) is 21.9. The molecule has 0 aliphatic carbocycles. The number of carbonyl (C=O) groups is 2. The molecule has 0 bridgehead atoms. The minimum absolute atomic E-state index is 0.0461. The van der Waals surface area contributed by atoms with Gasteiger partial charge in [-0.15, -0.1) is 0 Å². The number of benzene rings is 1. The summed E-state index contributed by atoms with van der Waals surface area (Å²) in [5.41, 5.74) is 0.325. The summed E-state index contributed by atoms with van der Waals surface area (Å²) in [6, 6.07) is 3.03. The number of ether oxygens (including phenoxy) is 3. The molecule has 18 heavy (non-hydrogen) atoms. The Hall–Kier alpha value is -2.24. The van der Waals surface area contributed by atoms with Crippen molar-refractivity contribution < 1.29 is 23.8 Å². The van der Waals surface area contributed by atoms with Crippen molar-refractivity contribution in [3.05, 3.63) is 17.7 Å². The summed E-state index contributed by atoms with van der Waals surface area (Å²) in [5, 5.41) is 2.43. The van der Waals surface area contributed by atoms with Gasteiger partial charge in [0.15, 0.2) is 11.5 Å². The van der Waals surface area contributed by atoms with Crippen LogP contribution in [-0.2, 0) is 4.79 Å². The van der Waals surface area contributed by atoms with E-state index < -0.39 is 0 Å². The maximum Gasteiger partial charge on any atom is 0.251 e. The van der Waals surface area contributed by atoms with Gasteiger partial charge in [0.1, 0.15) is 6.29 Å². The first-order valence-corrected chi connectivity index (χ1v) is 5.19. The van der Waals surface area contributed by atoms with Crippen LogP contribution in [0.4, 0.5) is 0 Å². The number of hydrogen-bond donors (Lipinski definition) is 1. The van der Waals surface area contributed by atoms with Crippen LogP contribution in [0.25, 0.3) is 0 Å². The van der Waals surface area contributed by atoms with Crippen LogP contribution in [0.1, 0.15) is 10.4 Å². The first-order chi connectivity index (χ1) is 8.67. The smallest absolute Gasteiger partial charge is 0.251 e. The maximum absolute atomic E-state index is 11.7. The number of rotatable bonds is 6. The molecule has 0 saturated carbocycles. The fourth-order valence-electron chi connectivity index (χ4n) is 1.45. The zero-order valence-electron chi connectivity index (χ0n) is 10.5. The molecular formula is C12H15NO5. The van der Waals surface area contributed by atoms with Crippen LogP contribution in [0.15, 0.2) is 12.1 Å². The normalized spacial score (nSPS) is 9.50. The van der Waals surface area contributed by atoms with Gasteiger partial charge < -0.3 is 24.3 Å². The summed E-state index contributed by atoms with van der Waals surface area (Å²) < 4.78 is 15.4. The predicted molar refractivity (Wildman–Crippen MR) is 64.5 cm³/mol. The van der Waals surface area contributed by atoms with Crippen molar-refractivity contribution in [2.24, 2.45) is 0 Å². The molecular weight excluding hydrogens is 238 g/mol. The highest BCUT2D eigenvalue weighted by Gasteiger charge is 2.16. The first-order valence-electron chi connectivity index (χ1n) is 5.19. The summed E-state index contributed by atoms with van der Waals surface area (Å²) in [7, 11) is 4.40. The zero-order valence-corrected chi connectivity index (χ0v) is 10.5. The third-order valence-corrected chi connectivity index (χ3v) is 2.27. The Balaban J connectivity index is 3.14. The van der Waals surface area contributed by atoms with E-state index in [1.165, 1.54) is 33.5 Å². The van der Waals surface area contributed by atoms with Gasteiger partial charge in [-0.05, 0) is 12.1 Å². The average Bonchev–Trinajstić information content (AvgIpc) is 2.42. The molecule has 1 aromatic rings. The molecule has 0 radical (unpaired) electrons. The summed E-state index contributed by atoms with van der Waals surface area (Å²) >= 11 is 0. The molecule has 6 nitrogen and oxygen atoms in total. The maximum atomic E-state index is 11.7. The van der Waals surface area contributed by atoms with Crippen molar-refractivity contribution in [1.29, 1.82) is 0 Å². The molecule has 0 aromatic heterocycles. The molecule has 0 heterocycles. The third kappa shape index (κ3) is 2.91. The lowest BCUT2D eigenvalue weighted by Gasteiger charge is -2.13. The number of aldehydes is 1. The molecule has 0 spiro atoms. The number of nitrogens with one attached hydrogen (secondary N) is 1. The molecule has 1 aromatic carbocycles. The van der Waals surface area contributed by atoms with E-state index in [0.717, 1.165) is 0 Å². The van der Waals surface area contributed by atoms with Gasteiger partial charge in [-0.25, -0.2) is 0 Å². The highest BCUT2D eigenvalue weighted by atomic mass is 16.5. The van der Waals surface area contributed by atoms with Crippen LogP contribution >= 0.6 is 0 Å². The second-order valence-corrected chi connectivity index (χ2v) is 3.29. The minimum Gasteiger partial charge on any atom is -0.493 e. The van der Waals surface area contributed by atoms with E-state index in [-0.39, 0.29) is 12.5 Å². The van der Waals surface area contributed by atoms with Gasteiger partial charge in [0.25, 0.3) is 5.91 Å². The SMILES string of the molecule is COc1cc(C(=O)NCC=O)cc(OC)c1OC. The van der Waals surface area contributed by atoms with Crippen molar-refractivity contribution in [3.63, 3.8) is 0 Å². The lowest BCUT2D eigenvalue weighted by molar-refractivity contribution is -0.107. The van der Waals surface area contributed by atoms with Gasteiger partial charge in [0.05, 0.1) is 27.9 Å². The van der Waals surface area contributed by atoms with E-state index in [9.17, 15) is 9.59 Å². The molecule has 0 atom stereocenters. The molecule has 1 N–H and O–H groups in total. The van der Waals surface area contributed by atoms with Crippen LogP contribution in [0.2, 0.25) is 0 Å².